The number of hydrogen-bond donors (Lipinski definition) is 1. The second-order valence-electron chi connectivity index (χ2n) is 4.24. The molecule has 3 heterocycles. The van der Waals surface area contributed by atoms with Crippen LogP contribution in [-0.2, 0) is 13.0 Å². The van der Waals surface area contributed by atoms with Gasteiger partial charge >= 0.3 is 0 Å². The summed E-state index contributed by atoms with van der Waals surface area (Å²) in [6.07, 6.45) is 6.12. The van der Waals surface area contributed by atoms with Crippen LogP contribution in [0.5, 0.6) is 0 Å². The number of hydrogen-bond acceptors (Lipinski definition) is 6. The molecule has 0 radical (unpaired) electrons. The van der Waals surface area contributed by atoms with Crippen LogP contribution in [0.4, 0.5) is 5.82 Å². The number of aryl methyl sites for hydroxylation is 1. The quantitative estimate of drug-likeness (QED) is 0.826. The van der Waals surface area contributed by atoms with Crippen molar-refractivity contribution in [3.05, 3.63) is 18.2 Å². The zero-order chi connectivity index (χ0) is 12.4. The lowest BCUT2D eigenvalue weighted by Gasteiger charge is -2.05. The molecule has 2 N–H and O–H groups in total. The summed E-state index contributed by atoms with van der Waals surface area (Å²) < 4.78 is 2.19. The van der Waals surface area contributed by atoms with E-state index >= 15 is 0 Å². The maximum atomic E-state index is 5.64. The fraction of sp³-hybridized carbons (Fsp3) is 0.455. The Bertz CT molecular complexity index is 552. The molecule has 0 amide bonds. The van der Waals surface area contributed by atoms with Gasteiger partial charge in [0.1, 0.15) is 23.0 Å². The predicted molar refractivity (Wildman–Crippen MR) is 68.1 cm³/mol. The fourth-order valence-corrected chi connectivity index (χ4v) is 2.89. The van der Waals surface area contributed by atoms with Gasteiger partial charge in [-0.1, -0.05) is 6.42 Å². The van der Waals surface area contributed by atoms with E-state index in [1.165, 1.54) is 37.4 Å². The van der Waals surface area contributed by atoms with Crippen LogP contribution in [0.25, 0.3) is 0 Å². The van der Waals surface area contributed by atoms with Gasteiger partial charge in [-0.25, -0.2) is 9.97 Å². The lowest BCUT2D eigenvalue weighted by Crippen LogP contribution is -2.02. The standard InChI is InChI=1S/C11H14N6S/c12-8-6-10(14-7-13-8)18-11-16-15-9-4-2-1-3-5-17(9)11/h6-7H,1-5H2,(H2,12,13,14). The van der Waals surface area contributed by atoms with E-state index in [0.29, 0.717) is 5.82 Å². The molecule has 0 saturated carbocycles. The predicted octanol–water partition coefficient (Wildman–Crippen LogP) is 1.53. The summed E-state index contributed by atoms with van der Waals surface area (Å²) in [6.45, 7) is 0.991. The molecule has 0 atom stereocenters. The SMILES string of the molecule is Nc1cc(Sc2nnc3n2CCCCC3)ncn1. The van der Waals surface area contributed by atoms with Gasteiger partial charge in [-0.3, -0.25) is 0 Å². The molecule has 0 fully saturated rings. The molecule has 1 aliphatic rings. The normalized spacial score (nSPS) is 15.1. The average Bonchev–Trinajstić information content (AvgIpc) is 2.60. The maximum absolute atomic E-state index is 5.64. The molecule has 94 valence electrons. The number of nitrogens with two attached hydrogens (primary N) is 1. The summed E-state index contributed by atoms with van der Waals surface area (Å²) in [5.74, 6) is 1.56. The molecule has 0 saturated heterocycles. The number of rotatable bonds is 2. The molecule has 7 heteroatoms. The maximum Gasteiger partial charge on any atom is 0.197 e. The Balaban J connectivity index is 1.87. The summed E-state index contributed by atoms with van der Waals surface area (Å²) in [7, 11) is 0. The van der Waals surface area contributed by atoms with E-state index in [9.17, 15) is 0 Å². The minimum absolute atomic E-state index is 0.475. The molecule has 1 aliphatic heterocycles. The highest BCUT2D eigenvalue weighted by atomic mass is 32.2. The van der Waals surface area contributed by atoms with Crippen molar-refractivity contribution in [1.29, 1.82) is 0 Å². The second-order valence-corrected chi connectivity index (χ2v) is 5.23. The fourth-order valence-electron chi connectivity index (χ4n) is 2.04. The van der Waals surface area contributed by atoms with Crippen LogP contribution in [0.3, 0.4) is 0 Å². The van der Waals surface area contributed by atoms with Crippen molar-refractivity contribution in [2.24, 2.45) is 0 Å². The van der Waals surface area contributed by atoms with Crippen molar-refractivity contribution in [3.63, 3.8) is 0 Å². The third-order valence-electron chi connectivity index (χ3n) is 2.93. The van der Waals surface area contributed by atoms with Crippen molar-refractivity contribution in [2.45, 2.75) is 42.4 Å². The van der Waals surface area contributed by atoms with Gasteiger partial charge in [0.2, 0.25) is 0 Å². The topological polar surface area (TPSA) is 82.5 Å². The Morgan fingerprint density at radius 2 is 2.11 bits per heavy atom. The average molecular weight is 262 g/mol. The van der Waals surface area contributed by atoms with Crippen molar-refractivity contribution >= 4 is 17.6 Å². The molecule has 0 bridgehead atoms. The van der Waals surface area contributed by atoms with Gasteiger partial charge in [0.25, 0.3) is 0 Å². The Kier molecular flexibility index (Phi) is 3.14. The summed E-state index contributed by atoms with van der Waals surface area (Å²) in [5, 5.41) is 10.2. The molecular weight excluding hydrogens is 248 g/mol. The second kappa shape index (κ2) is 4.93. The smallest absolute Gasteiger partial charge is 0.197 e. The lowest BCUT2D eigenvalue weighted by molar-refractivity contribution is 0.590. The molecule has 0 aromatic carbocycles. The van der Waals surface area contributed by atoms with E-state index in [1.54, 1.807) is 6.07 Å². The third kappa shape index (κ3) is 2.31. The molecule has 2 aromatic heterocycles. The van der Waals surface area contributed by atoms with E-state index in [1.807, 2.05) is 0 Å². The van der Waals surface area contributed by atoms with Crippen LogP contribution in [-0.4, -0.2) is 24.7 Å². The van der Waals surface area contributed by atoms with E-state index in [4.69, 9.17) is 5.73 Å². The summed E-state index contributed by atoms with van der Waals surface area (Å²) >= 11 is 1.49. The Hall–Kier alpha value is -1.63. The largest absolute Gasteiger partial charge is 0.384 e. The Morgan fingerprint density at radius 3 is 3.00 bits per heavy atom. The van der Waals surface area contributed by atoms with Gasteiger partial charge < -0.3 is 10.3 Å². The van der Waals surface area contributed by atoms with Crippen molar-refractivity contribution in [1.82, 2.24) is 24.7 Å². The first-order valence-corrected chi connectivity index (χ1v) is 6.82. The highest BCUT2D eigenvalue weighted by Gasteiger charge is 2.15. The zero-order valence-electron chi connectivity index (χ0n) is 9.91. The van der Waals surface area contributed by atoms with Crippen LogP contribution in [0.2, 0.25) is 0 Å². The van der Waals surface area contributed by atoms with Crippen LogP contribution in [0.15, 0.2) is 22.6 Å². The molecular formula is C11H14N6S. The highest BCUT2D eigenvalue weighted by molar-refractivity contribution is 7.99. The highest BCUT2D eigenvalue weighted by Crippen LogP contribution is 2.27. The molecule has 6 nitrogen and oxygen atoms in total. The minimum atomic E-state index is 0.475. The minimum Gasteiger partial charge on any atom is -0.384 e. The van der Waals surface area contributed by atoms with E-state index < -0.39 is 0 Å². The first kappa shape index (κ1) is 11.5. The van der Waals surface area contributed by atoms with Gasteiger partial charge in [-0.2, -0.15) is 0 Å². The molecule has 0 aliphatic carbocycles. The molecule has 0 spiro atoms. The van der Waals surface area contributed by atoms with Crippen molar-refractivity contribution in [3.8, 4) is 0 Å². The Morgan fingerprint density at radius 1 is 1.17 bits per heavy atom. The van der Waals surface area contributed by atoms with E-state index in [0.717, 1.165) is 29.0 Å². The summed E-state index contributed by atoms with van der Waals surface area (Å²) in [6, 6.07) is 1.75. The summed E-state index contributed by atoms with van der Waals surface area (Å²) in [5.41, 5.74) is 5.64. The number of anilines is 1. The molecule has 18 heavy (non-hydrogen) atoms. The molecule has 3 rings (SSSR count). The number of aromatic nitrogens is 5. The van der Waals surface area contributed by atoms with Crippen molar-refractivity contribution < 1.29 is 0 Å². The van der Waals surface area contributed by atoms with Gasteiger partial charge in [-0.05, 0) is 24.6 Å². The number of fused-ring (bicyclic) bond motifs is 1. The third-order valence-corrected chi connectivity index (χ3v) is 3.85. The van der Waals surface area contributed by atoms with Crippen LogP contribution < -0.4 is 5.73 Å². The lowest BCUT2D eigenvalue weighted by atomic mass is 10.2. The van der Waals surface area contributed by atoms with Crippen LogP contribution in [0, 0.1) is 0 Å². The molecule has 0 unspecified atom stereocenters. The van der Waals surface area contributed by atoms with Crippen LogP contribution in [0.1, 0.15) is 25.1 Å². The first-order valence-electron chi connectivity index (χ1n) is 6.00. The van der Waals surface area contributed by atoms with Crippen molar-refractivity contribution in [2.75, 3.05) is 5.73 Å². The monoisotopic (exact) mass is 262 g/mol. The summed E-state index contributed by atoms with van der Waals surface area (Å²) in [4.78, 5) is 8.06. The zero-order valence-corrected chi connectivity index (χ0v) is 10.7. The number of nitrogens with zero attached hydrogens (tertiary/aromatic N) is 5. The number of nitrogen functional groups attached to an aromatic ring is 1. The van der Waals surface area contributed by atoms with Gasteiger partial charge in [0.15, 0.2) is 5.16 Å². The van der Waals surface area contributed by atoms with E-state index in [2.05, 4.69) is 24.7 Å². The Labute approximate surface area is 109 Å². The van der Waals surface area contributed by atoms with Gasteiger partial charge in [0.05, 0.1) is 0 Å². The van der Waals surface area contributed by atoms with Crippen LogP contribution >= 0.6 is 11.8 Å². The van der Waals surface area contributed by atoms with Gasteiger partial charge in [0, 0.05) is 19.0 Å². The first-order chi connectivity index (χ1) is 8.83. The molecule has 2 aromatic rings. The van der Waals surface area contributed by atoms with E-state index in [-0.39, 0.29) is 0 Å². The van der Waals surface area contributed by atoms with Gasteiger partial charge in [-0.15, -0.1) is 10.2 Å².